The largest absolute Gasteiger partial charge is 0.360 e. The number of rotatable bonds is 3. The second kappa shape index (κ2) is 5.24. The molecule has 0 spiro atoms. The minimum absolute atomic E-state index is 0.305. The molecular formula is C12H18ClN7. The maximum Gasteiger partial charge on any atom is 0.228 e. The number of hydrogen-bond donors (Lipinski definition) is 0. The Hall–Kier alpha value is -1.89. The van der Waals surface area contributed by atoms with Crippen LogP contribution in [0.3, 0.4) is 0 Å². The summed E-state index contributed by atoms with van der Waals surface area (Å²) in [5, 5.41) is 0.305. The summed E-state index contributed by atoms with van der Waals surface area (Å²) in [6.45, 7) is 0. The number of hydrogen-bond acceptors (Lipinski definition) is 7. The van der Waals surface area contributed by atoms with E-state index in [1.54, 1.807) is 4.90 Å². The summed E-state index contributed by atoms with van der Waals surface area (Å²) in [6.07, 6.45) is 0. The molecule has 8 heteroatoms. The molecule has 108 valence electrons. The molecule has 2 rings (SSSR count). The van der Waals surface area contributed by atoms with E-state index in [1.165, 1.54) is 0 Å². The van der Waals surface area contributed by atoms with E-state index in [1.807, 2.05) is 52.1 Å². The average molecular weight is 296 g/mol. The Bertz CT molecular complexity index is 639. The third-order valence-corrected chi connectivity index (χ3v) is 2.95. The highest BCUT2D eigenvalue weighted by Gasteiger charge is 2.17. The van der Waals surface area contributed by atoms with Crippen LogP contribution in [0.1, 0.15) is 0 Å². The van der Waals surface area contributed by atoms with Crippen molar-refractivity contribution in [2.45, 2.75) is 0 Å². The van der Waals surface area contributed by atoms with Gasteiger partial charge in [-0.25, -0.2) is 9.97 Å². The lowest BCUT2D eigenvalue weighted by molar-refractivity contribution is 0.975. The van der Waals surface area contributed by atoms with Gasteiger partial charge in [-0.2, -0.15) is 9.97 Å². The van der Waals surface area contributed by atoms with E-state index in [4.69, 9.17) is 11.6 Å². The van der Waals surface area contributed by atoms with Crippen LogP contribution in [0.2, 0.25) is 5.15 Å². The molecule has 0 radical (unpaired) electrons. The minimum atomic E-state index is 0.305. The Kier molecular flexibility index (Phi) is 3.80. The summed E-state index contributed by atoms with van der Waals surface area (Å²) in [7, 11) is 11.4. The van der Waals surface area contributed by atoms with Crippen molar-refractivity contribution < 1.29 is 0 Å². The lowest BCUT2D eigenvalue weighted by Gasteiger charge is -2.21. The molecule has 0 aromatic carbocycles. The first-order valence-corrected chi connectivity index (χ1v) is 6.46. The quantitative estimate of drug-likeness (QED) is 0.790. The van der Waals surface area contributed by atoms with Crippen LogP contribution >= 0.6 is 11.6 Å². The van der Waals surface area contributed by atoms with Gasteiger partial charge < -0.3 is 14.7 Å². The highest BCUT2D eigenvalue weighted by atomic mass is 35.5. The van der Waals surface area contributed by atoms with Crippen molar-refractivity contribution in [3.05, 3.63) is 5.15 Å². The summed E-state index contributed by atoms with van der Waals surface area (Å²) < 4.78 is 0. The molecule has 0 unspecified atom stereocenters. The molecule has 7 nitrogen and oxygen atoms in total. The minimum Gasteiger partial charge on any atom is -0.360 e. The van der Waals surface area contributed by atoms with Gasteiger partial charge in [0.1, 0.15) is 5.52 Å². The maximum absolute atomic E-state index is 6.20. The second-order valence-electron chi connectivity index (χ2n) is 5.04. The van der Waals surface area contributed by atoms with Crippen molar-refractivity contribution in [2.24, 2.45) is 0 Å². The van der Waals surface area contributed by atoms with Gasteiger partial charge in [0.15, 0.2) is 22.4 Å². The van der Waals surface area contributed by atoms with Crippen molar-refractivity contribution in [3.63, 3.8) is 0 Å². The zero-order valence-corrected chi connectivity index (χ0v) is 13.3. The normalized spacial score (nSPS) is 10.8. The Labute approximate surface area is 123 Å². The van der Waals surface area contributed by atoms with E-state index < -0.39 is 0 Å². The van der Waals surface area contributed by atoms with Gasteiger partial charge in [0.2, 0.25) is 5.95 Å². The lowest BCUT2D eigenvalue weighted by atomic mass is 10.4. The zero-order valence-electron chi connectivity index (χ0n) is 12.5. The fourth-order valence-electron chi connectivity index (χ4n) is 1.69. The summed E-state index contributed by atoms with van der Waals surface area (Å²) in [4.78, 5) is 23.3. The molecule has 0 bridgehead atoms. The fourth-order valence-corrected chi connectivity index (χ4v) is 1.89. The van der Waals surface area contributed by atoms with Crippen molar-refractivity contribution in [1.82, 2.24) is 19.9 Å². The highest BCUT2D eigenvalue weighted by molar-refractivity contribution is 6.33. The van der Waals surface area contributed by atoms with Crippen LogP contribution in [-0.4, -0.2) is 62.2 Å². The first-order valence-electron chi connectivity index (χ1n) is 6.08. The van der Waals surface area contributed by atoms with E-state index in [0.717, 1.165) is 11.6 Å². The van der Waals surface area contributed by atoms with Gasteiger partial charge >= 0.3 is 0 Å². The molecule has 0 saturated carbocycles. The van der Waals surface area contributed by atoms with E-state index in [2.05, 4.69) is 19.9 Å². The van der Waals surface area contributed by atoms with Gasteiger partial charge in [-0.1, -0.05) is 11.6 Å². The van der Waals surface area contributed by atoms with Crippen molar-refractivity contribution >= 4 is 40.3 Å². The molecule has 0 aliphatic heterocycles. The van der Waals surface area contributed by atoms with Crippen LogP contribution in [0.15, 0.2) is 0 Å². The predicted octanol–water partition coefficient (Wildman–Crippen LogP) is 1.27. The first kappa shape index (κ1) is 14.5. The summed E-state index contributed by atoms with van der Waals surface area (Å²) in [5.41, 5.74) is 0.995. The fraction of sp³-hybridized carbons (Fsp3) is 0.500. The van der Waals surface area contributed by atoms with Gasteiger partial charge in [0.25, 0.3) is 0 Å². The number of anilines is 3. The third kappa shape index (κ3) is 2.53. The first-order chi connectivity index (χ1) is 9.31. The number of nitrogens with zero attached hydrogens (tertiary/aromatic N) is 7. The summed E-state index contributed by atoms with van der Waals surface area (Å²) in [6, 6.07) is 0. The molecule has 0 aliphatic carbocycles. The molecule has 0 amide bonds. The smallest absolute Gasteiger partial charge is 0.228 e. The van der Waals surface area contributed by atoms with Crippen LogP contribution in [0, 0.1) is 0 Å². The van der Waals surface area contributed by atoms with E-state index >= 15 is 0 Å². The standard InChI is InChI=1S/C12H18ClN7/c1-18(2)10-11(19(3)4)16-9-7(14-10)8(13)15-12(17-9)20(5)6/h1-6H3. The molecule has 0 aliphatic rings. The molecule has 0 atom stereocenters. The van der Waals surface area contributed by atoms with Crippen LogP contribution in [0.25, 0.3) is 11.2 Å². The third-order valence-electron chi connectivity index (χ3n) is 2.69. The van der Waals surface area contributed by atoms with Crippen molar-refractivity contribution in [1.29, 1.82) is 0 Å². The van der Waals surface area contributed by atoms with Crippen LogP contribution in [0.4, 0.5) is 17.6 Å². The molecule has 20 heavy (non-hydrogen) atoms. The Morgan fingerprint density at radius 3 is 1.75 bits per heavy atom. The Morgan fingerprint density at radius 2 is 1.25 bits per heavy atom. The van der Waals surface area contributed by atoms with Crippen molar-refractivity contribution in [2.75, 3.05) is 57.0 Å². The molecule has 2 aromatic heterocycles. The van der Waals surface area contributed by atoms with Gasteiger partial charge in [0.05, 0.1) is 0 Å². The maximum atomic E-state index is 6.20. The number of fused-ring (bicyclic) bond motifs is 1. The topological polar surface area (TPSA) is 61.3 Å². The monoisotopic (exact) mass is 295 g/mol. The predicted molar refractivity (Wildman–Crippen MR) is 83.1 cm³/mol. The van der Waals surface area contributed by atoms with Gasteiger partial charge in [0, 0.05) is 42.3 Å². The Morgan fingerprint density at radius 1 is 0.700 bits per heavy atom. The SMILES string of the molecule is CN(C)c1nc(Cl)c2nc(N(C)C)c(N(C)C)nc2n1. The Balaban J connectivity index is 2.77. The van der Waals surface area contributed by atoms with E-state index in [9.17, 15) is 0 Å². The van der Waals surface area contributed by atoms with Gasteiger partial charge in [-0.05, 0) is 0 Å². The van der Waals surface area contributed by atoms with Crippen LogP contribution in [-0.2, 0) is 0 Å². The summed E-state index contributed by atoms with van der Waals surface area (Å²) in [5.74, 6) is 1.98. The molecular weight excluding hydrogens is 278 g/mol. The van der Waals surface area contributed by atoms with E-state index in [0.29, 0.717) is 22.3 Å². The molecule has 0 saturated heterocycles. The lowest BCUT2D eigenvalue weighted by Crippen LogP contribution is -2.20. The zero-order chi connectivity index (χ0) is 15.0. The van der Waals surface area contributed by atoms with Crippen LogP contribution in [0.5, 0.6) is 0 Å². The van der Waals surface area contributed by atoms with Gasteiger partial charge in [-0.3, -0.25) is 0 Å². The highest BCUT2D eigenvalue weighted by Crippen LogP contribution is 2.28. The van der Waals surface area contributed by atoms with Gasteiger partial charge in [-0.15, -0.1) is 0 Å². The molecule has 0 fully saturated rings. The average Bonchev–Trinajstić information content (AvgIpc) is 2.36. The molecule has 2 heterocycles. The summed E-state index contributed by atoms with van der Waals surface area (Å²) >= 11 is 6.20. The number of aromatic nitrogens is 4. The second-order valence-corrected chi connectivity index (χ2v) is 5.40. The molecule has 0 N–H and O–H groups in total. The molecule has 2 aromatic rings. The van der Waals surface area contributed by atoms with Crippen LogP contribution < -0.4 is 14.7 Å². The van der Waals surface area contributed by atoms with Crippen molar-refractivity contribution in [3.8, 4) is 0 Å². The number of halogens is 1. The van der Waals surface area contributed by atoms with E-state index in [-0.39, 0.29) is 0 Å².